The molecule has 0 aromatic carbocycles. The minimum absolute atomic E-state index is 0.113. The van der Waals surface area contributed by atoms with E-state index in [0.717, 1.165) is 36.6 Å². The van der Waals surface area contributed by atoms with Gasteiger partial charge in [-0.25, -0.2) is 0 Å². The molecule has 2 unspecified atom stereocenters. The molecule has 0 saturated heterocycles. The maximum atomic E-state index is 11.5. The average molecular weight is 513 g/mol. The van der Waals surface area contributed by atoms with E-state index in [0.29, 0.717) is 25.3 Å². The van der Waals surface area contributed by atoms with Crippen LogP contribution in [0.5, 0.6) is 0 Å². The minimum atomic E-state index is -0.461. The first-order valence-corrected chi connectivity index (χ1v) is 13.1. The monoisotopic (exact) mass is 511 g/mol. The van der Waals surface area contributed by atoms with Crippen LogP contribution in [0.1, 0.15) is 62.1 Å². The van der Waals surface area contributed by atoms with Gasteiger partial charge in [-0.15, -0.1) is 11.3 Å². The Kier molecular flexibility index (Phi) is 11.5. The molecule has 1 amide bonds. The summed E-state index contributed by atoms with van der Waals surface area (Å²) in [5.74, 6) is 0.990. The van der Waals surface area contributed by atoms with E-state index in [1.807, 2.05) is 13.0 Å². The quantitative estimate of drug-likeness (QED) is 0.254. The Bertz CT molecular complexity index is 726. The van der Waals surface area contributed by atoms with Crippen LogP contribution in [0.4, 0.5) is 0 Å². The number of aryl methyl sites for hydroxylation is 2. The van der Waals surface area contributed by atoms with Gasteiger partial charge >= 0.3 is 0 Å². The van der Waals surface area contributed by atoms with E-state index in [1.165, 1.54) is 9.75 Å². The van der Waals surface area contributed by atoms with Gasteiger partial charge in [0, 0.05) is 27.2 Å². The van der Waals surface area contributed by atoms with Crippen LogP contribution in [0.15, 0.2) is 34.8 Å². The second-order valence-corrected chi connectivity index (χ2v) is 10.9. The summed E-state index contributed by atoms with van der Waals surface area (Å²) < 4.78 is 1.14. The van der Waals surface area contributed by atoms with Crippen molar-refractivity contribution in [2.24, 2.45) is 17.8 Å². The number of allylic oxidation sites excluding steroid dienone is 3. The highest BCUT2D eigenvalue weighted by atomic mass is 79.9. The maximum Gasteiger partial charge on any atom is 0.219 e. The highest BCUT2D eigenvalue weighted by Crippen LogP contribution is 2.40. The van der Waals surface area contributed by atoms with E-state index in [1.54, 1.807) is 11.3 Å². The van der Waals surface area contributed by atoms with E-state index >= 15 is 0 Å². The van der Waals surface area contributed by atoms with Crippen molar-refractivity contribution in [1.82, 2.24) is 5.32 Å². The molecule has 0 aliphatic heterocycles. The van der Waals surface area contributed by atoms with Gasteiger partial charge < -0.3 is 15.5 Å². The van der Waals surface area contributed by atoms with Gasteiger partial charge in [0.2, 0.25) is 5.91 Å². The predicted octanol–water partition coefficient (Wildman–Crippen LogP) is 5.55. The molecule has 1 fully saturated rings. The number of hydrogen-bond donors (Lipinski definition) is 3. The third-order valence-corrected chi connectivity index (χ3v) is 8.33. The van der Waals surface area contributed by atoms with Crippen LogP contribution in [0, 0.1) is 24.7 Å². The molecule has 2 rings (SSSR count). The molecule has 5 atom stereocenters. The number of rotatable bonds is 12. The Morgan fingerprint density at radius 3 is 2.87 bits per heavy atom. The van der Waals surface area contributed by atoms with Gasteiger partial charge in [0.1, 0.15) is 0 Å². The molecule has 1 aliphatic carbocycles. The van der Waals surface area contributed by atoms with Crippen molar-refractivity contribution < 1.29 is 15.0 Å². The molecule has 1 aliphatic rings. The first-order chi connectivity index (χ1) is 14.8. The van der Waals surface area contributed by atoms with Gasteiger partial charge in [0.25, 0.3) is 0 Å². The van der Waals surface area contributed by atoms with Gasteiger partial charge in [-0.3, -0.25) is 4.79 Å². The van der Waals surface area contributed by atoms with Crippen molar-refractivity contribution in [3.63, 3.8) is 0 Å². The van der Waals surface area contributed by atoms with Gasteiger partial charge in [-0.05, 0) is 92.1 Å². The third-order valence-electron chi connectivity index (χ3n) is 6.13. The lowest BCUT2D eigenvalue weighted by Gasteiger charge is -2.20. The molecule has 3 N–H and O–H groups in total. The van der Waals surface area contributed by atoms with Crippen LogP contribution in [0.2, 0.25) is 0 Å². The average Bonchev–Trinajstić information content (AvgIpc) is 3.18. The SMILES string of the molecule is CCNC(=O)CCC/C=C\C[C@H]1C(O)CC(C)[C@@H]1/C=C/[C@@H](O)CCc1cc(Br)c(C)s1. The molecule has 4 nitrogen and oxygen atoms in total. The van der Waals surface area contributed by atoms with Crippen molar-refractivity contribution in [2.75, 3.05) is 6.54 Å². The zero-order valence-corrected chi connectivity index (χ0v) is 21.4. The molecule has 31 heavy (non-hydrogen) atoms. The number of carbonyl (C=O) groups is 1. The lowest BCUT2D eigenvalue weighted by atomic mass is 9.86. The molecular weight excluding hydrogens is 474 g/mol. The van der Waals surface area contributed by atoms with Gasteiger partial charge in [-0.1, -0.05) is 31.2 Å². The fraction of sp³-hybridized carbons (Fsp3) is 0.640. The Morgan fingerprint density at radius 1 is 1.42 bits per heavy atom. The number of aliphatic hydroxyl groups excluding tert-OH is 2. The van der Waals surface area contributed by atoms with Gasteiger partial charge in [0.15, 0.2) is 0 Å². The topological polar surface area (TPSA) is 69.6 Å². The number of unbranched alkanes of at least 4 members (excludes halogenated alkanes) is 1. The Labute approximate surface area is 200 Å². The zero-order valence-electron chi connectivity index (χ0n) is 19.0. The molecule has 1 aromatic rings. The number of hydrogen-bond acceptors (Lipinski definition) is 4. The van der Waals surface area contributed by atoms with Crippen molar-refractivity contribution in [2.45, 2.75) is 77.9 Å². The lowest BCUT2D eigenvalue weighted by molar-refractivity contribution is -0.121. The number of thiophene rings is 1. The Hall–Kier alpha value is -0.950. The Balaban J connectivity index is 1.79. The second-order valence-electron chi connectivity index (χ2n) is 8.68. The van der Waals surface area contributed by atoms with Crippen molar-refractivity contribution >= 4 is 33.2 Å². The van der Waals surface area contributed by atoms with Crippen LogP contribution in [0.25, 0.3) is 0 Å². The normalized spacial score (nSPS) is 25.0. The minimum Gasteiger partial charge on any atom is -0.393 e. The first-order valence-electron chi connectivity index (χ1n) is 11.5. The summed E-state index contributed by atoms with van der Waals surface area (Å²) in [4.78, 5) is 14.0. The number of aliphatic hydroxyl groups is 2. The van der Waals surface area contributed by atoms with Crippen molar-refractivity contribution in [3.05, 3.63) is 44.6 Å². The van der Waals surface area contributed by atoms with E-state index < -0.39 is 6.10 Å². The van der Waals surface area contributed by atoms with E-state index in [2.05, 4.69) is 59.4 Å². The number of carbonyl (C=O) groups excluding carboxylic acids is 1. The van der Waals surface area contributed by atoms with E-state index in [-0.39, 0.29) is 23.8 Å². The molecule has 0 bridgehead atoms. The van der Waals surface area contributed by atoms with Crippen molar-refractivity contribution in [3.8, 4) is 0 Å². The third kappa shape index (κ3) is 8.83. The molecule has 6 heteroatoms. The largest absolute Gasteiger partial charge is 0.393 e. The summed E-state index contributed by atoms with van der Waals surface area (Å²) in [5.41, 5.74) is 0. The van der Waals surface area contributed by atoms with E-state index in [4.69, 9.17) is 0 Å². The van der Waals surface area contributed by atoms with Crippen LogP contribution in [0.3, 0.4) is 0 Å². The molecule has 0 spiro atoms. The summed E-state index contributed by atoms with van der Waals surface area (Å²) in [6.07, 6.45) is 13.1. The fourth-order valence-corrected chi connectivity index (χ4v) is 5.98. The predicted molar refractivity (Wildman–Crippen MR) is 133 cm³/mol. The van der Waals surface area contributed by atoms with Gasteiger partial charge in [-0.2, -0.15) is 0 Å². The van der Waals surface area contributed by atoms with E-state index in [9.17, 15) is 15.0 Å². The molecular formula is C25H38BrNO3S. The van der Waals surface area contributed by atoms with Crippen LogP contribution < -0.4 is 5.32 Å². The van der Waals surface area contributed by atoms with Crippen LogP contribution in [-0.4, -0.2) is 34.9 Å². The number of nitrogens with one attached hydrogen (secondary N) is 1. The molecule has 174 valence electrons. The molecule has 0 radical (unpaired) electrons. The summed E-state index contributed by atoms with van der Waals surface area (Å²) in [6.45, 7) is 6.90. The summed E-state index contributed by atoms with van der Waals surface area (Å²) in [7, 11) is 0. The summed E-state index contributed by atoms with van der Waals surface area (Å²) in [6, 6.07) is 2.14. The first kappa shape index (κ1) is 26.3. The molecule has 1 aromatic heterocycles. The molecule has 1 saturated carbocycles. The Morgan fingerprint density at radius 2 is 2.19 bits per heavy atom. The van der Waals surface area contributed by atoms with Gasteiger partial charge in [0.05, 0.1) is 12.2 Å². The summed E-state index contributed by atoms with van der Waals surface area (Å²) >= 11 is 5.33. The van der Waals surface area contributed by atoms with Crippen LogP contribution >= 0.6 is 27.3 Å². The lowest BCUT2D eigenvalue weighted by Crippen LogP contribution is -2.21. The number of halogens is 1. The summed E-state index contributed by atoms with van der Waals surface area (Å²) in [5, 5.41) is 23.8. The van der Waals surface area contributed by atoms with Crippen molar-refractivity contribution in [1.29, 1.82) is 0 Å². The smallest absolute Gasteiger partial charge is 0.219 e. The fourth-order valence-electron chi connectivity index (χ4n) is 4.36. The molecule has 1 heterocycles. The second kappa shape index (κ2) is 13.6. The maximum absolute atomic E-state index is 11.5. The standard InChI is InChI=1S/C25H38BrNO3S/c1-4-27-25(30)10-8-6-5-7-9-22-21(17(2)15-24(22)29)14-12-19(28)11-13-20-16-23(26)18(3)31-20/h5,7,12,14,16-17,19,21-22,24,28-29H,4,6,8-11,13,15H2,1-3H3,(H,27,30)/b7-5-,14-12+/t17?,19-,21-,22+,24?/m0/s1. The number of amides is 1. The zero-order chi connectivity index (χ0) is 22.8. The van der Waals surface area contributed by atoms with Crippen LogP contribution in [-0.2, 0) is 11.2 Å². The highest BCUT2D eigenvalue weighted by molar-refractivity contribution is 9.10. The highest BCUT2D eigenvalue weighted by Gasteiger charge is 2.37.